The molecule has 14 heavy (non-hydrogen) atoms. The van der Waals surface area contributed by atoms with Gasteiger partial charge in [0.15, 0.2) is 0 Å². The molecule has 0 saturated carbocycles. The van der Waals surface area contributed by atoms with Crippen molar-refractivity contribution >= 4 is 5.52 Å². The molecule has 0 aliphatic heterocycles. The van der Waals surface area contributed by atoms with Crippen LogP contribution in [-0.4, -0.2) is 15.4 Å². The van der Waals surface area contributed by atoms with E-state index < -0.39 is 0 Å². The largest absolute Gasteiger partial charge is 0.328 e. The number of fused-ring (bicyclic) bond motifs is 1. The van der Waals surface area contributed by atoms with Crippen LogP contribution in [0.15, 0.2) is 24.5 Å². The third kappa shape index (κ3) is 1.51. The highest BCUT2D eigenvalue weighted by molar-refractivity contribution is 5.53. The van der Waals surface area contributed by atoms with Gasteiger partial charge in [-0.05, 0) is 25.5 Å². The average molecular weight is 189 g/mol. The van der Waals surface area contributed by atoms with Gasteiger partial charge in [-0.1, -0.05) is 6.07 Å². The minimum atomic E-state index is 0.154. The Bertz CT molecular complexity index is 443. The molecular weight excluding hydrogens is 174 g/mol. The average Bonchev–Trinajstić information content (AvgIpc) is 2.49. The van der Waals surface area contributed by atoms with Crippen molar-refractivity contribution in [3.63, 3.8) is 0 Å². The highest BCUT2D eigenvalue weighted by Gasteiger charge is 2.06. The molecule has 0 aromatic carbocycles. The molecule has 74 valence electrons. The summed E-state index contributed by atoms with van der Waals surface area (Å²) in [6, 6.07) is 4.28. The van der Waals surface area contributed by atoms with E-state index in [-0.39, 0.29) is 6.04 Å². The van der Waals surface area contributed by atoms with Crippen molar-refractivity contribution in [3.8, 4) is 0 Å². The Morgan fingerprint density at radius 1 is 1.57 bits per heavy atom. The molecule has 0 bridgehead atoms. The second-order valence-electron chi connectivity index (χ2n) is 3.80. The minimum Gasteiger partial charge on any atom is -0.328 e. The Balaban J connectivity index is 2.52. The first kappa shape index (κ1) is 9.21. The molecule has 0 amide bonds. The fourth-order valence-electron chi connectivity index (χ4n) is 1.66. The van der Waals surface area contributed by atoms with Gasteiger partial charge in [0, 0.05) is 18.7 Å². The minimum absolute atomic E-state index is 0.154. The lowest BCUT2D eigenvalue weighted by Crippen LogP contribution is -2.19. The molecule has 0 aliphatic rings. The molecule has 2 aromatic heterocycles. The van der Waals surface area contributed by atoms with Crippen LogP contribution < -0.4 is 5.73 Å². The fourth-order valence-corrected chi connectivity index (χ4v) is 1.66. The highest BCUT2D eigenvalue weighted by Crippen LogP contribution is 2.12. The van der Waals surface area contributed by atoms with E-state index in [1.54, 1.807) is 0 Å². The summed E-state index contributed by atoms with van der Waals surface area (Å²) in [5.41, 5.74) is 8.18. The number of pyridine rings is 1. The molecule has 1 atom stereocenters. The second-order valence-corrected chi connectivity index (χ2v) is 3.80. The van der Waals surface area contributed by atoms with Crippen molar-refractivity contribution in [2.24, 2.45) is 5.73 Å². The molecule has 1 unspecified atom stereocenters. The number of imidazole rings is 1. The second kappa shape index (κ2) is 3.42. The zero-order chi connectivity index (χ0) is 10.1. The smallest absolute Gasteiger partial charge is 0.114 e. The van der Waals surface area contributed by atoms with E-state index in [9.17, 15) is 0 Å². The number of nitrogens with two attached hydrogens (primary N) is 1. The Morgan fingerprint density at radius 2 is 2.36 bits per heavy atom. The van der Waals surface area contributed by atoms with Gasteiger partial charge in [-0.15, -0.1) is 0 Å². The summed E-state index contributed by atoms with van der Waals surface area (Å²) in [6.45, 7) is 4.09. The molecule has 0 saturated heterocycles. The zero-order valence-electron chi connectivity index (χ0n) is 8.57. The van der Waals surface area contributed by atoms with Gasteiger partial charge in [-0.3, -0.25) is 0 Å². The standard InChI is InChI=1S/C11H15N3/c1-8-4-3-5-14-10(8)7-13-11(14)6-9(2)12/h3-5,7,9H,6,12H2,1-2H3. The van der Waals surface area contributed by atoms with Gasteiger partial charge < -0.3 is 10.1 Å². The first-order chi connectivity index (χ1) is 6.68. The van der Waals surface area contributed by atoms with Gasteiger partial charge in [0.05, 0.1) is 11.7 Å². The summed E-state index contributed by atoms with van der Waals surface area (Å²) in [4.78, 5) is 4.38. The van der Waals surface area contributed by atoms with Gasteiger partial charge in [0.2, 0.25) is 0 Å². The molecular formula is C11H15N3. The van der Waals surface area contributed by atoms with E-state index in [2.05, 4.69) is 22.4 Å². The molecule has 0 radical (unpaired) electrons. The zero-order valence-corrected chi connectivity index (χ0v) is 8.57. The van der Waals surface area contributed by atoms with Crippen molar-refractivity contribution in [2.75, 3.05) is 0 Å². The quantitative estimate of drug-likeness (QED) is 0.778. The molecule has 3 heteroatoms. The molecule has 2 rings (SSSR count). The van der Waals surface area contributed by atoms with E-state index in [0.29, 0.717) is 0 Å². The fraction of sp³-hybridized carbons (Fsp3) is 0.364. The van der Waals surface area contributed by atoms with E-state index in [4.69, 9.17) is 5.73 Å². The van der Waals surface area contributed by atoms with Crippen LogP contribution >= 0.6 is 0 Å². The summed E-state index contributed by atoms with van der Waals surface area (Å²) in [6.07, 6.45) is 4.76. The van der Waals surface area contributed by atoms with Gasteiger partial charge in [-0.2, -0.15) is 0 Å². The summed E-state index contributed by atoms with van der Waals surface area (Å²) in [5, 5.41) is 0. The summed E-state index contributed by atoms with van der Waals surface area (Å²) < 4.78 is 2.11. The SMILES string of the molecule is Cc1cccn2c(CC(C)N)ncc12. The molecule has 0 aliphatic carbocycles. The van der Waals surface area contributed by atoms with E-state index in [0.717, 1.165) is 12.2 Å². The predicted molar refractivity (Wildman–Crippen MR) is 57.3 cm³/mol. The monoisotopic (exact) mass is 189 g/mol. The predicted octanol–water partition coefficient (Wildman–Crippen LogP) is 1.53. The lowest BCUT2D eigenvalue weighted by Gasteiger charge is -2.04. The Labute approximate surface area is 83.6 Å². The summed E-state index contributed by atoms with van der Waals surface area (Å²) in [7, 11) is 0. The maximum absolute atomic E-state index is 5.76. The maximum atomic E-state index is 5.76. The van der Waals surface area contributed by atoms with E-state index in [1.165, 1.54) is 11.1 Å². The third-order valence-corrected chi connectivity index (χ3v) is 2.36. The van der Waals surface area contributed by atoms with Crippen molar-refractivity contribution in [1.29, 1.82) is 0 Å². The van der Waals surface area contributed by atoms with Gasteiger partial charge >= 0.3 is 0 Å². The molecule has 3 nitrogen and oxygen atoms in total. The number of nitrogens with zero attached hydrogens (tertiary/aromatic N) is 2. The number of aromatic nitrogens is 2. The van der Waals surface area contributed by atoms with Crippen LogP contribution in [-0.2, 0) is 6.42 Å². The van der Waals surface area contributed by atoms with E-state index >= 15 is 0 Å². The molecule has 0 spiro atoms. The summed E-state index contributed by atoms with van der Waals surface area (Å²) in [5.74, 6) is 1.04. The lowest BCUT2D eigenvalue weighted by molar-refractivity contribution is 0.699. The number of hydrogen-bond acceptors (Lipinski definition) is 2. The van der Waals surface area contributed by atoms with Crippen molar-refractivity contribution in [1.82, 2.24) is 9.38 Å². The number of hydrogen-bond donors (Lipinski definition) is 1. The molecule has 2 aromatic rings. The molecule has 0 fully saturated rings. The first-order valence-corrected chi connectivity index (χ1v) is 4.85. The third-order valence-electron chi connectivity index (χ3n) is 2.36. The highest BCUT2D eigenvalue weighted by atomic mass is 15.0. The van der Waals surface area contributed by atoms with Crippen molar-refractivity contribution < 1.29 is 0 Å². The van der Waals surface area contributed by atoms with Crippen molar-refractivity contribution in [2.45, 2.75) is 26.3 Å². The molecule has 2 N–H and O–H groups in total. The van der Waals surface area contributed by atoms with Gasteiger partial charge in [0.25, 0.3) is 0 Å². The first-order valence-electron chi connectivity index (χ1n) is 4.85. The lowest BCUT2D eigenvalue weighted by atomic mass is 10.2. The Kier molecular flexibility index (Phi) is 2.25. The van der Waals surface area contributed by atoms with E-state index in [1.807, 2.05) is 25.4 Å². The van der Waals surface area contributed by atoms with Crippen molar-refractivity contribution in [3.05, 3.63) is 35.9 Å². The van der Waals surface area contributed by atoms with Crippen LogP contribution in [0.3, 0.4) is 0 Å². The molecule has 2 heterocycles. The van der Waals surface area contributed by atoms with Crippen LogP contribution in [0.25, 0.3) is 5.52 Å². The maximum Gasteiger partial charge on any atom is 0.114 e. The van der Waals surface area contributed by atoms with Crippen LogP contribution in [0, 0.1) is 6.92 Å². The van der Waals surface area contributed by atoms with Crippen LogP contribution in [0.2, 0.25) is 0 Å². The van der Waals surface area contributed by atoms with Gasteiger partial charge in [0.1, 0.15) is 5.82 Å². The van der Waals surface area contributed by atoms with Crippen LogP contribution in [0.4, 0.5) is 0 Å². The van der Waals surface area contributed by atoms with Crippen LogP contribution in [0.1, 0.15) is 18.3 Å². The van der Waals surface area contributed by atoms with Crippen LogP contribution in [0.5, 0.6) is 0 Å². The topological polar surface area (TPSA) is 43.3 Å². The number of aryl methyl sites for hydroxylation is 1. The number of rotatable bonds is 2. The summed E-state index contributed by atoms with van der Waals surface area (Å²) >= 11 is 0. The normalized spacial score (nSPS) is 13.4. The Hall–Kier alpha value is -1.35. The Morgan fingerprint density at radius 3 is 3.07 bits per heavy atom. The van der Waals surface area contributed by atoms with Gasteiger partial charge in [-0.25, -0.2) is 4.98 Å².